The van der Waals surface area contributed by atoms with E-state index in [1.54, 1.807) is 0 Å². The van der Waals surface area contributed by atoms with E-state index < -0.39 is 12.9 Å². The molecule has 0 saturated heterocycles. The maximum atomic E-state index is 11.7. The zero-order valence-corrected chi connectivity index (χ0v) is 20.2. The first-order valence-corrected chi connectivity index (χ1v) is 13.0. The van der Waals surface area contributed by atoms with Gasteiger partial charge in [-0.15, -0.1) is 0 Å². The van der Waals surface area contributed by atoms with E-state index in [-0.39, 0.29) is 13.0 Å². The second kappa shape index (κ2) is 15.4. The molecule has 0 aliphatic carbocycles. The van der Waals surface area contributed by atoms with E-state index in [4.69, 9.17) is 0 Å². The largest absolute Gasteiger partial charge is 0.373 e. The van der Waals surface area contributed by atoms with Gasteiger partial charge in [0, 0.05) is 0 Å². The van der Waals surface area contributed by atoms with Crippen molar-refractivity contribution in [3.8, 4) is 0 Å². The topological polar surface area (TPSA) is 77.8 Å². The highest BCUT2D eigenvalue weighted by Gasteiger charge is 2.48. The van der Waals surface area contributed by atoms with Gasteiger partial charge >= 0.3 is 7.60 Å². The lowest BCUT2D eigenvalue weighted by atomic mass is 10.1. The highest BCUT2D eigenvalue weighted by atomic mass is 31.2. The summed E-state index contributed by atoms with van der Waals surface area (Å²) in [7, 11) is 0.952. The Kier molecular flexibility index (Phi) is 15.1. The average molecular weight is 433 g/mol. The molecule has 5 nitrogen and oxygen atoms in total. The maximum absolute atomic E-state index is 11.7. The van der Waals surface area contributed by atoms with Gasteiger partial charge in [-0.2, -0.15) is 0 Å². The van der Waals surface area contributed by atoms with Crippen molar-refractivity contribution in [3.05, 3.63) is 24.3 Å². The molecule has 172 valence electrons. The molecule has 1 atom stereocenters. The molecular formula is C23H47NO4P+. The van der Waals surface area contributed by atoms with Crippen molar-refractivity contribution < 1.29 is 23.9 Å². The third-order valence-corrected chi connectivity index (χ3v) is 6.47. The van der Waals surface area contributed by atoms with Crippen LogP contribution < -0.4 is 0 Å². The van der Waals surface area contributed by atoms with Gasteiger partial charge in [-0.05, 0) is 44.9 Å². The number of quaternary nitrogens is 1. The van der Waals surface area contributed by atoms with Crippen LogP contribution in [0.2, 0.25) is 0 Å². The van der Waals surface area contributed by atoms with Gasteiger partial charge in [0.2, 0.25) is 5.34 Å². The number of hydrogen-bond donors (Lipinski definition) is 3. The fourth-order valence-electron chi connectivity index (χ4n) is 3.44. The molecule has 0 aromatic carbocycles. The van der Waals surface area contributed by atoms with Crippen LogP contribution in [0.1, 0.15) is 90.4 Å². The predicted octanol–water partition coefficient (Wildman–Crippen LogP) is 5.76. The number of likely N-dealkylation sites (N-methyl/N-ethyl adjacent to an activating group) is 1. The summed E-state index contributed by atoms with van der Waals surface area (Å²) in [4.78, 5) is 19.1. The second-order valence-corrected chi connectivity index (χ2v) is 11.2. The van der Waals surface area contributed by atoms with E-state index in [0.29, 0.717) is 10.9 Å². The summed E-state index contributed by atoms with van der Waals surface area (Å²) in [5.74, 6) is 0. The van der Waals surface area contributed by atoms with Crippen molar-refractivity contribution in [2.24, 2.45) is 0 Å². The van der Waals surface area contributed by atoms with Crippen LogP contribution in [-0.2, 0) is 4.57 Å². The number of hydrogen-bond acceptors (Lipinski definition) is 2. The molecule has 0 aromatic rings. The van der Waals surface area contributed by atoms with E-state index in [1.165, 1.54) is 32.1 Å². The van der Waals surface area contributed by atoms with Gasteiger partial charge in [0.05, 0.1) is 21.1 Å². The summed E-state index contributed by atoms with van der Waals surface area (Å²) >= 11 is 0. The second-order valence-electron chi connectivity index (χ2n) is 9.30. The number of rotatable bonds is 18. The number of nitrogens with zero attached hydrogens (tertiary/aromatic N) is 1. The minimum absolute atomic E-state index is 0.0537. The molecule has 6 heteroatoms. The van der Waals surface area contributed by atoms with Crippen LogP contribution in [0.4, 0.5) is 0 Å². The van der Waals surface area contributed by atoms with Crippen LogP contribution in [0.25, 0.3) is 0 Å². The molecule has 0 aromatic heterocycles. The van der Waals surface area contributed by atoms with Crippen molar-refractivity contribution in [2.45, 2.75) is 95.7 Å². The number of unbranched alkanes of at least 4 members (excludes halogenated alkanes) is 9. The van der Waals surface area contributed by atoms with E-state index >= 15 is 0 Å². The summed E-state index contributed by atoms with van der Waals surface area (Å²) in [6.45, 7) is 2.27. The fourth-order valence-corrected chi connectivity index (χ4v) is 4.50. The third kappa shape index (κ3) is 16.0. The van der Waals surface area contributed by atoms with Crippen molar-refractivity contribution >= 4 is 7.60 Å². The van der Waals surface area contributed by atoms with Crippen LogP contribution in [-0.4, -0.2) is 52.4 Å². The fraction of sp³-hybridized carbons (Fsp3) is 0.826. The Labute approximate surface area is 179 Å². The highest BCUT2D eigenvalue weighted by Crippen LogP contribution is 2.52. The number of aliphatic hydroxyl groups is 1. The smallest absolute Gasteiger partial charge is 0.362 e. The van der Waals surface area contributed by atoms with Gasteiger partial charge in [0.1, 0.15) is 6.54 Å². The van der Waals surface area contributed by atoms with Crippen LogP contribution in [0.3, 0.4) is 0 Å². The van der Waals surface area contributed by atoms with Crippen LogP contribution >= 0.6 is 7.60 Å². The predicted molar refractivity (Wildman–Crippen MR) is 124 cm³/mol. The first-order valence-electron chi connectivity index (χ1n) is 11.4. The molecule has 0 spiro atoms. The zero-order valence-electron chi connectivity index (χ0n) is 19.4. The Morgan fingerprint density at radius 3 is 1.69 bits per heavy atom. The Hall–Kier alpha value is -0.450. The maximum Gasteiger partial charge on any atom is 0.362 e. The first kappa shape index (κ1) is 28.5. The van der Waals surface area contributed by atoms with Crippen molar-refractivity contribution in [3.63, 3.8) is 0 Å². The molecule has 0 fully saturated rings. The minimum atomic E-state index is -4.55. The lowest BCUT2D eigenvalue weighted by Crippen LogP contribution is -2.49. The van der Waals surface area contributed by atoms with Crippen molar-refractivity contribution in [2.75, 3.05) is 27.7 Å². The highest BCUT2D eigenvalue weighted by molar-refractivity contribution is 7.53. The van der Waals surface area contributed by atoms with Gasteiger partial charge in [-0.25, -0.2) is 0 Å². The molecule has 0 aliphatic heterocycles. The molecule has 0 saturated carbocycles. The van der Waals surface area contributed by atoms with Gasteiger partial charge in [-0.1, -0.05) is 69.8 Å². The Bertz CT molecular complexity index is 507. The molecule has 3 N–H and O–H groups in total. The van der Waals surface area contributed by atoms with Crippen molar-refractivity contribution in [1.82, 2.24) is 0 Å². The van der Waals surface area contributed by atoms with Crippen molar-refractivity contribution in [1.29, 1.82) is 0 Å². The summed E-state index contributed by atoms with van der Waals surface area (Å²) in [6.07, 6.45) is 22.5. The average Bonchev–Trinajstić information content (AvgIpc) is 2.59. The first-order chi connectivity index (χ1) is 13.5. The van der Waals surface area contributed by atoms with E-state index in [9.17, 15) is 19.5 Å². The minimum Gasteiger partial charge on any atom is -0.373 e. The van der Waals surface area contributed by atoms with E-state index in [0.717, 1.165) is 38.5 Å². The van der Waals surface area contributed by atoms with Crippen LogP contribution in [0.15, 0.2) is 24.3 Å². The van der Waals surface area contributed by atoms with Crippen LogP contribution in [0, 0.1) is 0 Å². The molecule has 0 amide bonds. The zero-order chi connectivity index (χ0) is 22.2. The Morgan fingerprint density at radius 1 is 0.759 bits per heavy atom. The molecule has 0 radical (unpaired) electrons. The molecule has 0 heterocycles. The van der Waals surface area contributed by atoms with Gasteiger partial charge in [0.25, 0.3) is 0 Å². The quantitative estimate of drug-likeness (QED) is 0.111. The summed E-state index contributed by atoms with van der Waals surface area (Å²) in [5.41, 5.74) is 0. The normalized spacial score (nSPS) is 15.4. The Balaban J connectivity index is 3.77. The van der Waals surface area contributed by atoms with Gasteiger partial charge in [-0.3, -0.25) is 4.57 Å². The lowest BCUT2D eigenvalue weighted by molar-refractivity contribution is -0.875. The monoisotopic (exact) mass is 432 g/mol. The molecular weight excluding hydrogens is 385 g/mol. The summed E-state index contributed by atoms with van der Waals surface area (Å²) < 4.78 is 12.1. The van der Waals surface area contributed by atoms with Gasteiger partial charge < -0.3 is 19.4 Å². The third-order valence-electron chi connectivity index (χ3n) is 5.03. The molecule has 1 unspecified atom stereocenters. The standard InChI is InChI=1S/C23H46NO4P/c1-5-6-7-8-9-10-11-12-13-14-15-16-17-18-19-20-21-23(25,29(26,27)28)22-24(2,3)4/h8-9,12-13,25H,5-7,10-11,14-22H2,1-4H3,(H-,26,27,28)/p+1/b9-8-,13-12-. The van der Waals surface area contributed by atoms with E-state index in [1.807, 2.05) is 21.1 Å². The van der Waals surface area contributed by atoms with Gasteiger partial charge in [0.15, 0.2) is 0 Å². The van der Waals surface area contributed by atoms with Crippen LogP contribution in [0.5, 0.6) is 0 Å². The lowest BCUT2D eigenvalue weighted by Gasteiger charge is -2.35. The SMILES string of the molecule is CCCC/C=C\CC/C=C\CCCCCCCCC(O)(C[N+](C)(C)C)P(=O)(O)O. The molecule has 0 rings (SSSR count). The molecule has 0 aliphatic rings. The summed E-state index contributed by atoms with van der Waals surface area (Å²) in [6, 6.07) is 0. The molecule has 29 heavy (non-hydrogen) atoms. The Morgan fingerprint density at radius 2 is 1.21 bits per heavy atom. The van der Waals surface area contributed by atoms with E-state index in [2.05, 4.69) is 31.2 Å². The number of allylic oxidation sites excluding steroid dienone is 4. The summed E-state index contributed by atoms with van der Waals surface area (Å²) in [5, 5.41) is 8.59. The molecule has 0 bridgehead atoms.